The zero-order valence-corrected chi connectivity index (χ0v) is 20.3. The first-order valence-electron chi connectivity index (χ1n) is 8.39. The van der Waals surface area contributed by atoms with Gasteiger partial charge >= 0.3 is 40.0 Å². The average Bonchev–Trinajstić information content (AvgIpc) is 2.43. The van der Waals surface area contributed by atoms with Crippen molar-refractivity contribution in [1.29, 1.82) is 0 Å². The number of rotatable bonds is 5. The van der Waals surface area contributed by atoms with Crippen molar-refractivity contribution in [2.24, 2.45) is 11.8 Å². The van der Waals surface area contributed by atoms with Crippen LogP contribution in [0.15, 0.2) is 35.2 Å². The molecular formula is C18H25NaO7S2. The molecule has 0 atom stereocenters. The third kappa shape index (κ3) is 9.32. The first-order valence-corrected chi connectivity index (χ1v) is 11.2. The maximum absolute atomic E-state index is 11.9. The van der Waals surface area contributed by atoms with Crippen LogP contribution in [-0.2, 0) is 33.4 Å². The van der Waals surface area contributed by atoms with Gasteiger partial charge < -0.3 is 4.55 Å². The number of benzene rings is 2. The van der Waals surface area contributed by atoms with Crippen LogP contribution in [0.1, 0.15) is 38.8 Å². The van der Waals surface area contributed by atoms with Gasteiger partial charge in [-0.25, -0.2) is 8.42 Å². The van der Waals surface area contributed by atoms with Gasteiger partial charge in [0.2, 0.25) is 0 Å². The van der Waals surface area contributed by atoms with Gasteiger partial charge in [-0.1, -0.05) is 58.0 Å². The first-order chi connectivity index (χ1) is 12.2. The minimum Gasteiger partial charge on any atom is -0.744 e. The van der Waals surface area contributed by atoms with Crippen molar-refractivity contribution in [1.82, 2.24) is 0 Å². The van der Waals surface area contributed by atoms with E-state index in [9.17, 15) is 13.0 Å². The van der Waals surface area contributed by atoms with E-state index in [1.165, 1.54) is 0 Å². The fourth-order valence-electron chi connectivity index (χ4n) is 2.95. The third-order valence-corrected chi connectivity index (χ3v) is 4.65. The molecular weight excluding hydrogens is 415 g/mol. The first kappa shape index (κ1) is 27.5. The number of fused-ring (bicyclic) bond motifs is 1. The summed E-state index contributed by atoms with van der Waals surface area (Å²) in [6.07, 6.45) is 1.37. The van der Waals surface area contributed by atoms with Gasteiger partial charge in [0, 0.05) is 0 Å². The molecule has 0 radical (unpaired) electrons. The fourth-order valence-corrected chi connectivity index (χ4v) is 3.92. The van der Waals surface area contributed by atoms with Gasteiger partial charge in [0.1, 0.15) is 10.1 Å². The van der Waals surface area contributed by atoms with E-state index >= 15 is 0 Å². The van der Waals surface area contributed by atoms with E-state index in [0.717, 1.165) is 17.4 Å². The van der Waals surface area contributed by atoms with E-state index in [4.69, 9.17) is 17.5 Å². The van der Waals surface area contributed by atoms with Gasteiger partial charge in [-0.3, -0.25) is 9.11 Å². The Morgan fingerprint density at radius 3 is 1.82 bits per heavy atom. The van der Waals surface area contributed by atoms with Gasteiger partial charge in [-0.2, -0.15) is 8.42 Å². The maximum Gasteiger partial charge on any atom is 1.00 e. The van der Waals surface area contributed by atoms with Crippen molar-refractivity contribution in [2.45, 2.75) is 45.4 Å². The van der Waals surface area contributed by atoms with Crippen LogP contribution < -0.4 is 29.6 Å². The monoisotopic (exact) mass is 440 g/mol. The number of hydrogen-bond acceptors (Lipinski definition) is 5. The molecule has 0 unspecified atom stereocenters. The second kappa shape index (κ2) is 11.0. The van der Waals surface area contributed by atoms with E-state index in [1.54, 1.807) is 12.1 Å². The molecule has 2 aromatic rings. The van der Waals surface area contributed by atoms with Crippen molar-refractivity contribution in [3.8, 4) is 0 Å². The molecule has 2 aromatic carbocycles. The Morgan fingerprint density at radius 1 is 0.929 bits per heavy atom. The summed E-state index contributed by atoms with van der Waals surface area (Å²) in [5.74, 6) is 0.682. The Bertz CT molecular complexity index is 990. The van der Waals surface area contributed by atoms with E-state index in [2.05, 4.69) is 13.8 Å². The van der Waals surface area contributed by atoms with Crippen LogP contribution in [0.2, 0.25) is 0 Å². The largest absolute Gasteiger partial charge is 1.00 e. The Kier molecular flexibility index (Phi) is 10.8. The summed E-state index contributed by atoms with van der Waals surface area (Å²) in [7, 11) is -9.18. The molecule has 28 heavy (non-hydrogen) atoms. The van der Waals surface area contributed by atoms with Gasteiger partial charge in [-0.05, 0) is 46.6 Å². The topological polar surface area (TPSA) is 132 Å². The molecule has 0 saturated heterocycles. The summed E-state index contributed by atoms with van der Waals surface area (Å²) in [5.41, 5.74) is 1.69. The summed E-state index contributed by atoms with van der Waals surface area (Å²) in [6.45, 7) is 8.27. The predicted octanol–water partition coefficient (Wildman–Crippen LogP) is 0.492. The SMILES string of the molecule is CC(C)Cc1cc2ccccc2c(S(=O)(=O)[O-])c1CC(C)C.O=S(=O)(O)O.[Na+]. The van der Waals surface area contributed by atoms with Crippen LogP contribution in [0.3, 0.4) is 0 Å². The van der Waals surface area contributed by atoms with E-state index in [0.29, 0.717) is 23.3 Å². The molecule has 0 bridgehead atoms. The molecule has 152 valence electrons. The molecule has 2 rings (SSSR count). The average molecular weight is 441 g/mol. The Labute approximate surface area is 189 Å². The normalized spacial score (nSPS) is 11.9. The maximum atomic E-state index is 11.9. The van der Waals surface area contributed by atoms with Crippen LogP contribution in [-0.4, -0.2) is 30.5 Å². The molecule has 0 aliphatic rings. The molecule has 0 aromatic heterocycles. The van der Waals surface area contributed by atoms with Crippen molar-refractivity contribution in [2.75, 3.05) is 0 Å². The minimum atomic E-state index is -4.67. The minimum absolute atomic E-state index is 0. The van der Waals surface area contributed by atoms with Crippen LogP contribution in [0.4, 0.5) is 0 Å². The van der Waals surface area contributed by atoms with Crippen molar-refractivity contribution < 1.29 is 60.1 Å². The van der Waals surface area contributed by atoms with Crippen molar-refractivity contribution in [3.63, 3.8) is 0 Å². The summed E-state index contributed by atoms with van der Waals surface area (Å²) in [4.78, 5) is -0.0186. The standard InChI is InChI=1S/C18H24O3S.Na.H2O4S/c1-12(2)9-15-11-14-7-5-6-8-16(14)18(22(19,20)21)17(15)10-13(3)4;;1-5(2,3)4/h5-8,11-13H,9-10H2,1-4H3,(H,19,20,21);;(H2,1,2,3,4)/q;+1;/p-1. The third-order valence-electron chi connectivity index (χ3n) is 3.69. The summed E-state index contributed by atoms with van der Waals surface area (Å²) < 4.78 is 67.4. The molecule has 0 amide bonds. The van der Waals surface area contributed by atoms with Crippen molar-refractivity contribution >= 4 is 31.3 Å². The Balaban J connectivity index is 0.00000108. The van der Waals surface area contributed by atoms with E-state index < -0.39 is 20.5 Å². The molecule has 0 fully saturated rings. The predicted molar refractivity (Wildman–Crippen MR) is 103 cm³/mol. The van der Waals surface area contributed by atoms with Crippen molar-refractivity contribution in [3.05, 3.63) is 41.5 Å². The summed E-state index contributed by atoms with van der Waals surface area (Å²) in [5, 5.41) is 1.36. The summed E-state index contributed by atoms with van der Waals surface area (Å²) in [6, 6.07) is 9.28. The Hall–Kier alpha value is -0.520. The molecule has 0 saturated carbocycles. The van der Waals surface area contributed by atoms with E-state index in [1.807, 2.05) is 32.0 Å². The van der Waals surface area contributed by atoms with Gasteiger partial charge in [-0.15, -0.1) is 0 Å². The molecule has 7 nitrogen and oxygen atoms in total. The van der Waals surface area contributed by atoms with E-state index in [-0.39, 0.29) is 40.4 Å². The van der Waals surface area contributed by atoms with Gasteiger partial charge in [0.15, 0.2) is 0 Å². The van der Waals surface area contributed by atoms with Gasteiger partial charge in [0.25, 0.3) is 0 Å². The van der Waals surface area contributed by atoms with Gasteiger partial charge in [0.05, 0.1) is 4.90 Å². The molecule has 0 aliphatic heterocycles. The molecule has 10 heteroatoms. The van der Waals surface area contributed by atoms with Crippen LogP contribution in [0.25, 0.3) is 10.8 Å². The van der Waals surface area contributed by atoms with Crippen LogP contribution in [0.5, 0.6) is 0 Å². The molecule has 0 spiro atoms. The Morgan fingerprint density at radius 2 is 1.39 bits per heavy atom. The summed E-state index contributed by atoms with van der Waals surface area (Å²) >= 11 is 0. The molecule has 0 heterocycles. The zero-order valence-electron chi connectivity index (χ0n) is 16.7. The molecule has 2 N–H and O–H groups in total. The second-order valence-corrected chi connectivity index (χ2v) is 9.37. The fraction of sp³-hybridized carbons (Fsp3) is 0.444. The van der Waals surface area contributed by atoms with Crippen LogP contribution >= 0.6 is 0 Å². The second-order valence-electron chi connectivity index (χ2n) is 7.16. The number of hydrogen-bond donors (Lipinski definition) is 2. The molecule has 0 aliphatic carbocycles. The van der Waals surface area contributed by atoms with Crippen LogP contribution in [0, 0.1) is 11.8 Å². The zero-order chi connectivity index (χ0) is 21.0. The smallest absolute Gasteiger partial charge is 0.744 e. The quantitative estimate of drug-likeness (QED) is 0.511.